The van der Waals surface area contributed by atoms with Gasteiger partial charge in [0.15, 0.2) is 0 Å². The molecule has 0 aromatic rings. The Bertz CT molecular complexity index is 358. The van der Waals surface area contributed by atoms with Crippen molar-refractivity contribution in [2.45, 2.75) is 51.3 Å². The van der Waals surface area contributed by atoms with Crippen molar-refractivity contribution in [2.24, 2.45) is 16.7 Å². The number of carbonyl (C=O) groups is 2. The second kappa shape index (κ2) is 3.71. The number of rotatable bonds is 2. The number of hydrogen-bond donors (Lipinski definition) is 0. The third-order valence-corrected chi connectivity index (χ3v) is 6.66. The maximum absolute atomic E-state index is 12.1. The Kier molecular flexibility index (Phi) is 2.91. The fraction of sp³-hybridized carbons (Fsp3) is 0.846. The normalized spacial score (nSPS) is 52.8. The molecule has 2 bridgehead atoms. The average molecular weight is 324 g/mol. The second-order valence-electron chi connectivity index (χ2n) is 5.78. The van der Waals surface area contributed by atoms with Gasteiger partial charge in [-0.15, -0.1) is 0 Å². The van der Waals surface area contributed by atoms with Crippen LogP contribution in [0, 0.1) is 16.7 Å². The van der Waals surface area contributed by atoms with E-state index in [4.69, 9.17) is 4.74 Å². The van der Waals surface area contributed by atoms with Crippen molar-refractivity contribution in [2.75, 3.05) is 0 Å². The fourth-order valence-electron chi connectivity index (χ4n) is 3.62. The van der Waals surface area contributed by atoms with Gasteiger partial charge in [-0.1, -0.05) is 0 Å². The van der Waals surface area contributed by atoms with Crippen LogP contribution in [-0.2, 0) is 32.6 Å². The third kappa shape index (κ3) is 1.29. The quantitative estimate of drug-likeness (QED) is 0.729. The number of Topliss-reactive ketones (excluding diaryl/α,β-unsaturated/α-hetero) is 2. The molecule has 2 aliphatic rings. The molecule has 0 saturated carbocycles. The van der Waals surface area contributed by atoms with Crippen LogP contribution < -0.4 is 0 Å². The molecule has 0 radical (unpaired) electrons. The topological polar surface area (TPSA) is 43.4 Å². The minimum atomic E-state index is -0.689. The van der Waals surface area contributed by atoms with Crippen LogP contribution in [0.5, 0.6) is 0 Å². The summed E-state index contributed by atoms with van der Waals surface area (Å²) in [5.41, 5.74) is -1.37. The van der Waals surface area contributed by atoms with Crippen molar-refractivity contribution in [1.82, 2.24) is 0 Å². The molecular weight excluding hydrogens is 305 g/mol. The second-order valence-corrected chi connectivity index (χ2v) is 6.94. The molecular formula is C13H19O3Ru. The Hall–Kier alpha value is -0.0766. The van der Waals surface area contributed by atoms with Gasteiger partial charge in [-0.05, 0) is 0 Å². The summed E-state index contributed by atoms with van der Waals surface area (Å²) in [6, 6.07) is 0. The molecule has 6 atom stereocenters. The van der Waals surface area contributed by atoms with Gasteiger partial charge in [0.1, 0.15) is 0 Å². The van der Waals surface area contributed by atoms with E-state index >= 15 is 0 Å². The van der Waals surface area contributed by atoms with E-state index in [0.29, 0.717) is 5.92 Å². The Labute approximate surface area is 112 Å². The van der Waals surface area contributed by atoms with Gasteiger partial charge in [0.05, 0.1) is 0 Å². The fourth-order valence-corrected chi connectivity index (χ4v) is 4.64. The van der Waals surface area contributed by atoms with Crippen molar-refractivity contribution in [3.63, 3.8) is 0 Å². The standard InChI is InChI=1S/C13H19O3.Ru/c1-7-6-10-12(4,8(2)14)13(5,9(3)15)11(7)16-10;/h6-7,10-11H,1-5H3;. The van der Waals surface area contributed by atoms with E-state index < -0.39 is 10.8 Å². The summed E-state index contributed by atoms with van der Waals surface area (Å²) >= 11 is 2.68. The van der Waals surface area contributed by atoms with Crippen molar-refractivity contribution in [3.8, 4) is 0 Å². The molecule has 2 heterocycles. The van der Waals surface area contributed by atoms with E-state index in [1.165, 1.54) is 0 Å². The van der Waals surface area contributed by atoms with Gasteiger partial charge in [0, 0.05) is 0 Å². The molecule has 0 aromatic carbocycles. The van der Waals surface area contributed by atoms with Gasteiger partial charge in [0.2, 0.25) is 0 Å². The summed E-state index contributed by atoms with van der Waals surface area (Å²) < 4.78 is 6.26. The Balaban J connectivity index is 2.59. The van der Waals surface area contributed by atoms with Crippen LogP contribution >= 0.6 is 0 Å². The molecule has 2 fully saturated rings. The minimum absolute atomic E-state index is 0.0596. The van der Waals surface area contributed by atoms with Gasteiger partial charge in [-0.25, -0.2) is 0 Å². The van der Waals surface area contributed by atoms with E-state index in [0.717, 1.165) is 0 Å². The molecule has 0 N–H and O–H groups in total. The Morgan fingerprint density at radius 3 is 1.88 bits per heavy atom. The predicted molar refractivity (Wildman–Crippen MR) is 59.2 cm³/mol. The van der Waals surface area contributed by atoms with Crippen LogP contribution in [0.4, 0.5) is 0 Å². The molecule has 0 amide bonds. The van der Waals surface area contributed by atoms with Gasteiger partial charge in [0.25, 0.3) is 0 Å². The van der Waals surface area contributed by atoms with E-state index in [1.54, 1.807) is 13.8 Å². The van der Waals surface area contributed by atoms with Gasteiger partial charge >= 0.3 is 112 Å². The SMILES string of the molecule is CC(=O)C1(C)C2OC([CH]([Ru])C2C)C1(C)C(C)=O. The molecule has 4 heteroatoms. The van der Waals surface area contributed by atoms with Crippen LogP contribution in [0.25, 0.3) is 0 Å². The van der Waals surface area contributed by atoms with E-state index in [9.17, 15) is 9.59 Å². The third-order valence-electron chi connectivity index (χ3n) is 5.22. The first kappa shape index (κ1) is 13.4. The van der Waals surface area contributed by atoms with E-state index in [-0.39, 0.29) is 28.3 Å². The Morgan fingerprint density at radius 2 is 1.47 bits per heavy atom. The van der Waals surface area contributed by atoms with Gasteiger partial charge in [-0.3, -0.25) is 0 Å². The Morgan fingerprint density at radius 1 is 1.06 bits per heavy atom. The molecule has 0 aliphatic carbocycles. The van der Waals surface area contributed by atoms with Gasteiger partial charge < -0.3 is 0 Å². The summed E-state index contributed by atoms with van der Waals surface area (Å²) in [6.45, 7) is 9.06. The van der Waals surface area contributed by atoms with E-state index in [2.05, 4.69) is 25.2 Å². The molecule has 0 spiro atoms. The first-order valence-electron chi connectivity index (χ1n) is 5.99. The summed E-state index contributed by atoms with van der Waals surface area (Å²) in [5, 5.41) is 0. The summed E-state index contributed by atoms with van der Waals surface area (Å²) in [6.07, 6.45) is -0.282. The maximum atomic E-state index is 12.1. The van der Waals surface area contributed by atoms with Crippen molar-refractivity contribution in [1.29, 1.82) is 0 Å². The summed E-state index contributed by atoms with van der Waals surface area (Å²) in [4.78, 5) is 24.2. The van der Waals surface area contributed by atoms with Crippen LogP contribution in [0.2, 0.25) is 4.51 Å². The number of fused-ring (bicyclic) bond motifs is 2. The van der Waals surface area contributed by atoms with Crippen LogP contribution in [0.1, 0.15) is 34.6 Å². The first-order valence-corrected chi connectivity index (χ1v) is 6.99. The van der Waals surface area contributed by atoms with Crippen molar-refractivity contribution < 1.29 is 32.6 Å². The molecule has 2 aliphatic heterocycles. The molecule has 3 nitrogen and oxygen atoms in total. The zero-order valence-corrected chi connectivity index (χ0v) is 12.6. The first-order chi connectivity index (χ1) is 7.69. The van der Waals surface area contributed by atoms with Crippen LogP contribution in [0.15, 0.2) is 0 Å². The molecule has 0 aromatic heterocycles. The van der Waals surface area contributed by atoms with Crippen molar-refractivity contribution in [3.05, 3.63) is 0 Å². The molecule has 2 saturated heterocycles. The predicted octanol–water partition coefficient (Wildman–Crippen LogP) is 1.93. The molecule has 2 rings (SSSR count). The zero-order chi connectivity index (χ0) is 13.2. The van der Waals surface area contributed by atoms with Crippen LogP contribution in [0.3, 0.4) is 0 Å². The summed E-state index contributed by atoms with van der Waals surface area (Å²) in [5.74, 6) is 0.426. The number of hydrogen-bond acceptors (Lipinski definition) is 3. The summed E-state index contributed by atoms with van der Waals surface area (Å²) in [7, 11) is 0. The number of ketones is 2. The van der Waals surface area contributed by atoms with E-state index in [1.807, 2.05) is 13.8 Å². The molecule has 6 unspecified atom stereocenters. The number of ether oxygens (including phenoxy) is 1. The average Bonchev–Trinajstić information content (AvgIpc) is 2.65. The molecule has 17 heavy (non-hydrogen) atoms. The number of carbonyl (C=O) groups excluding carboxylic acids is 2. The van der Waals surface area contributed by atoms with Crippen molar-refractivity contribution >= 4 is 11.6 Å². The van der Waals surface area contributed by atoms with Gasteiger partial charge in [-0.2, -0.15) is 0 Å². The van der Waals surface area contributed by atoms with Crippen LogP contribution in [-0.4, -0.2) is 23.8 Å². The zero-order valence-electron chi connectivity index (χ0n) is 10.9. The monoisotopic (exact) mass is 325 g/mol. The molecule has 97 valence electrons.